The van der Waals surface area contributed by atoms with Crippen LogP contribution in [0, 0.1) is 0 Å². The summed E-state index contributed by atoms with van der Waals surface area (Å²) in [7, 11) is -3.36. The molecule has 0 aromatic heterocycles. The quantitative estimate of drug-likeness (QED) is 0.580. The highest BCUT2D eigenvalue weighted by Gasteiger charge is 2.21. The second-order valence-corrected chi connectivity index (χ2v) is 6.11. The van der Waals surface area contributed by atoms with E-state index in [4.69, 9.17) is 10.5 Å². The van der Waals surface area contributed by atoms with Crippen LogP contribution in [0.2, 0.25) is 0 Å². The van der Waals surface area contributed by atoms with Gasteiger partial charge >= 0.3 is 0 Å². The van der Waals surface area contributed by atoms with Gasteiger partial charge in [-0.3, -0.25) is 0 Å². The molecule has 0 bridgehead atoms. The Morgan fingerprint density at radius 1 is 1.26 bits per heavy atom. The highest BCUT2D eigenvalue weighted by atomic mass is 32.2. The summed E-state index contributed by atoms with van der Waals surface area (Å²) in [4.78, 5) is 0. The average molecular weight is 286 g/mol. The average Bonchev–Trinajstić information content (AvgIpc) is 2.37. The zero-order valence-corrected chi connectivity index (χ0v) is 12.3. The molecule has 0 unspecified atom stereocenters. The van der Waals surface area contributed by atoms with Crippen LogP contribution in [0.1, 0.15) is 19.4 Å². The molecular weight excluding hydrogens is 264 g/mol. The maximum atomic E-state index is 12.3. The van der Waals surface area contributed by atoms with Crippen molar-refractivity contribution in [3.8, 4) is 0 Å². The third-order valence-corrected chi connectivity index (χ3v) is 4.73. The number of sulfonamides is 1. The molecule has 0 aliphatic heterocycles. The Bertz CT molecular complexity index is 488. The van der Waals surface area contributed by atoms with Gasteiger partial charge in [-0.15, -0.1) is 0 Å². The number of nitrogens with zero attached hydrogens (tertiary/aromatic N) is 1. The summed E-state index contributed by atoms with van der Waals surface area (Å²) in [5, 5.41) is 0. The highest BCUT2D eigenvalue weighted by molar-refractivity contribution is 7.88. The molecule has 0 saturated carbocycles. The summed E-state index contributed by atoms with van der Waals surface area (Å²) in [5.74, 6) is -0.0698. The summed E-state index contributed by atoms with van der Waals surface area (Å²) in [6, 6.07) is 7.03. The fraction of sp³-hybridized carbons (Fsp3) is 0.538. The van der Waals surface area contributed by atoms with Gasteiger partial charge in [0.2, 0.25) is 10.0 Å². The molecule has 0 aliphatic rings. The van der Waals surface area contributed by atoms with Gasteiger partial charge in [0, 0.05) is 25.4 Å². The number of hydrogen-bond donors (Lipinski definition) is 1. The van der Waals surface area contributed by atoms with E-state index in [1.807, 2.05) is 13.8 Å². The Morgan fingerprint density at radius 2 is 1.95 bits per heavy atom. The van der Waals surface area contributed by atoms with Gasteiger partial charge in [0.1, 0.15) is 0 Å². The van der Waals surface area contributed by atoms with Gasteiger partial charge in [-0.05, 0) is 18.6 Å². The summed E-state index contributed by atoms with van der Waals surface area (Å²) in [5.41, 5.74) is 6.93. The Labute approximate surface area is 115 Å². The number of ether oxygens (including phenoxy) is 1. The van der Waals surface area contributed by atoms with Gasteiger partial charge in [-0.2, -0.15) is 4.31 Å². The lowest BCUT2D eigenvalue weighted by Gasteiger charge is -2.20. The summed E-state index contributed by atoms with van der Waals surface area (Å²) < 4.78 is 31.2. The first-order valence-electron chi connectivity index (χ1n) is 6.40. The van der Waals surface area contributed by atoms with Crippen LogP contribution in [0.25, 0.3) is 0 Å². The van der Waals surface area contributed by atoms with Gasteiger partial charge in [-0.25, -0.2) is 8.42 Å². The monoisotopic (exact) mass is 286 g/mol. The number of nitrogen functional groups attached to an aromatic ring is 1. The van der Waals surface area contributed by atoms with Gasteiger partial charge in [0.05, 0.1) is 12.4 Å². The van der Waals surface area contributed by atoms with Crippen molar-refractivity contribution in [2.45, 2.75) is 19.6 Å². The van der Waals surface area contributed by atoms with Crippen molar-refractivity contribution < 1.29 is 13.2 Å². The fourth-order valence-corrected chi connectivity index (χ4v) is 3.34. The van der Waals surface area contributed by atoms with Crippen LogP contribution in [-0.4, -0.2) is 39.0 Å². The third kappa shape index (κ3) is 4.81. The van der Waals surface area contributed by atoms with E-state index in [-0.39, 0.29) is 5.75 Å². The van der Waals surface area contributed by atoms with Gasteiger partial charge in [0.15, 0.2) is 0 Å². The van der Waals surface area contributed by atoms with E-state index >= 15 is 0 Å². The number of hydrogen-bond acceptors (Lipinski definition) is 4. The van der Waals surface area contributed by atoms with Crippen molar-refractivity contribution in [1.82, 2.24) is 4.31 Å². The molecule has 6 heteroatoms. The first-order valence-corrected chi connectivity index (χ1v) is 8.01. The predicted octanol–water partition coefficient (Wildman–Crippen LogP) is 1.46. The van der Waals surface area contributed by atoms with Gasteiger partial charge < -0.3 is 10.5 Å². The maximum Gasteiger partial charge on any atom is 0.218 e. The Hall–Kier alpha value is -1.11. The lowest BCUT2D eigenvalue weighted by Crippen LogP contribution is -2.35. The van der Waals surface area contributed by atoms with Crippen molar-refractivity contribution in [2.75, 3.05) is 32.0 Å². The minimum atomic E-state index is -3.36. The first kappa shape index (κ1) is 15.9. The zero-order chi connectivity index (χ0) is 14.3. The van der Waals surface area contributed by atoms with E-state index in [1.165, 1.54) is 4.31 Å². The van der Waals surface area contributed by atoms with E-state index in [9.17, 15) is 8.42 Å². The van der Waals surface area contributed by atoms with Crippen LogP contribution >= 0.6 is 0 Å². The Kier molecular flexibility index (Phi) is 6.27. The molecule has 0 radical (unpaired) electrons. The molecule has 0 spiro atoms. The van der Waals surface area contributed by atoms with Crippen molar-refractivity contribution in [1.29, 1.82) is 0 Å². The molecule has 19 heavy (non-hydrogen) atoms. The van der Waals surface area contributed by atoms with Gasteiger partial charge in [-0.1, -0.05) is 25.1 Å². The molecule has 0 atom stereocenters. The summed E-state index contributed by atoms with van der Waals surface area (Å²) in [6.07, 6.45) is 0. The Morgan fingerprint density at radius 3 is 2.53 bits per heavy atom. The molecule has 0 heterocycles. The fourth-order valence-electron chi connectivity index (χ4n) is 1.76. The van der Waals surface area contributed by atoms with Crippen molar-refractivity contribution in [2.24, 2.45) is 0 Å². The van der Waals surface area contributed by atoms with Crippen LogP contribution < -0.4 is 5.73 Å². The molecule has 1 aromatic rings. The molecule has 5 nitrogen and oxygen atoms in total. The molecule has 0 fully saturated rings. The molecule has 0 amide bonds. The SMILES string of the molecule is CCOCCN(CC)S(=O)(=O)Cc1ccccc1N. The maximum absolute atomic E-state index is 12.3. The number of nitrogens with two attached hydrogens (primary N) is 1. The zero-order valence-electron chi connectivity index (χ0n) is 11.5. The van der Waals surface area contributed by atoms with Gasteiger partial charge in [0.25, 0.3) is 0 Å². The standard InChI is InChI=1S/C13H22N2O3S/c1-3-15(9-10-18-4-2)19(16,17)11-12-7-5-6-8-13(12)14/h5-8H,3-4,9-11,14H2,1-2H3. The summed E-state index contributed by atoms with van der Waals surface area (Å²) in [6.45, 7) is 5.51. The smallest absolute Gasteiger partial charge is 0.218 e. The number of anilines is 1. The predicted molar refractivity (Wildman–Crippen MR) is 77.2 cm³/mol. The van der Waals surface area contributed by atoms with E-state index < -0.39 is 10.0 Å². The first-order chi connectivity index (χ1) is 9.01. The number of benzene rings is 1. The molecule has 2 N–H and O–H groups in total. The third-order valence-electron chi connectivity index (χ3n) is 2.83. The van der Waals surface area contributed by atoms with E-state index in [0.29, 0.717) is 37.6 Å². The molecule has 0 aliphatic carbocycles. The molecular formula is C13H22N2O3S. The lowest BCUT2D eigenvalue weighted by molar-refractivity contribution is 0.135. The number of rotatable bonds is 8. The number of likely N-dealkylation sites (N-methyl/N-ethyl adjacent to an activating group) is 1. The molecule has 108 valence electrons. The lowest BCUT2D eigenvalue weighted by atomic mass is 10.2. The Balaban J connectivity index is 2.75. The largest absolute Gasteiger partial charge is 0.398 e. The summed E-state index contributed by atoms with van der Waals surface area (Å²) >= 11 is 0. The van der Waals surface area contributed by atoms with E-state index in [2.05, 4.69) is 0 Å². The van der Waals surface area contributed by atoms with Crippen molar-refractivity contribution in [3.05, 3.63) is 29.8 Å². The van der Waals surface area contributed by atoms with Crippen molar-refractivity contribution in [3.63, 3.8) is 0 Å². The molecule has 1 rings (SSSR count). The van der Waals surface area contributed by atoms with Crippen LogP contribution in [0.4, 0.5) is 5.69 Å². The van der Waals surface area contributed by atoms with Crippen LogP contribution in [0.3, 0.4) is 0 Å². The molecule has 0 saturated heterocycles. The number of para-hydroxylation sites is 1. The molecule has 1 aromatic carbocycles. The van der Waals surface area contributed by atoms with E-state index in [0.717, 1.165) is 0 Å². The van der Waals surface area contributed by atoms with Crippen LogP contribution in [-0.2, 0) is 20.5 Å². The normalized spacial score (nSPS) is 11.9. The highest BCUT2D eigenvalue weighted by Crippen LogP contribution is 2.16. The minimum absolute atomic E-state index is 0.0698. The minimum Gasteiger partial charge on any atom is -0.398 e. The second kappa shape index (κ2) is 7.47. The van der Waals surface area contributed by atoms with Crippen molar-refractivity contribution >= 4 is 15.7 Å². The second-order valence-electron chi connectivity index (χ2n) is 4.14. The van der Waals surface area contributed by atoms with Crippen LogP contribution in [0.15, 0.2) is 24.3 Å². The van der Waals surface area contributed by atoms with Crippen LogP contribution in [0.5, 0.6) is 0 Å². The van der Waals surface area contributed by atoms with E-state index in [1.54, 1.807) is 24.3 Å². The topological polar surface area (TPSA) is 72.6 Å².